The van der Waals surface area contributed by atoms with E-state index in [4.69, 9.17) is 0 Å². The van der Waals surface area contributed by atoms with Crippen LogP contribution in [0.5, 0.6) is 0 Å². The van der Waals surface area contributed by atoms with Crippen molar-refractivity contribution in [3.05, 3.63) is 40.9 Å². The standard InChI is InChI=1S/C17H19F2N3OS/c18-12-4-1-5-13(19)15(12)17-22-14(10-24-17)16(23)21-8-6-11-3-2-7-20-9-11/h1,4-5,10-11,20H,2-3,6-9H2,(H,21,23). The summed E-state index contributed by atoms with van der Waals surface area (Å²) in [6.07, 6.45) is 3.26. The van der Waals surface area contributed by atoms with Gasteiger partial charge in [0, 0.05) is 11.9 Å². The molecular formula is C17H19F2N3OS. The molecular weight excluding hydrogens is 332 g/mol. The highest BCUT2D eigenvalue weighted by Gasteiger charge is 2.18. The van der Waals surface area contributed by atoms with Gasteiger partial charge in [-0.05, 0) is 50.4 Å². The first-order chi connectivity index (χ1) is 11.6. The summed E-state index contributed by atoms with van der Waals surface area (Å²) >= 11 is 1.06. The minimum Gasteiger partial charge on any atom is -0.351 e. The third-order valence-electron chi connectivity index (χ3n) is 4.15. The number of piperidine rings is 1. The molecule has 1 fully saturated rings. The van der Waals surface area contributed by atoms with Gasteiger partial charge in [0.2, 0.25) is 0 Å². The molecule has 1 aliphatic heterocycles. The quantitative estimate of drug-likeness (QED) is 0.870. The number of nitrogens with one attached hydrogen (secondary N) is 2. The second kappa shape index (κ2) is 7.81. The molecule has 4 nitrogen and oxygen atoms in total. The lowest BCUT2D eigenvalue weighted by molar-refractivity contribution is 0.0946. The zero-order valence-corrected chi connectivity index (χ0v) is 14.0. The van der Waals surface area contributed by atoms with Gasteiger partial charge in [-0.1, -0.05) is 6.07 Å². The van der Waals surface area contributed by atoms with E-state index in [0.717, 1.165) is 30.8 Å². The maximum atomic E-state index is 13.8. The average Bonchev–Trinajstić information content (AvgIpc) is 3.05. The number of thiazole rings is 1. The van der Waals surface area contributed by atoms with Crippen LogP contribution in [0.3, 0.4) is 0 Å². The van der Waals surface area contributed by atoms with Gasteiger partial charge in [0.1, 0.15) is 22.3 Å². The molecule has 1 unspecified atom stereocenters. The van der Waals surface area contributed by atoms with Crippen LogP contribution in [0.2, 0.25) is 0 Å². The second-order valence-electron chi connectivity index (χ2n) is 5.89. The van der Waals surface area contributed by atoms with Crippen LogP contribution in [0.25, 0.3) is 10.6 Å². The molecule has 0 spiro atoms. The first-order valence-electron chi connectivity index (χ1n) is 8.04. The summed E-state index contributed by atoms with van der Waals surface area (Å²) in [7, 11) is 0. The second-order valence-corrected chi connectivity index (χ2v) is 6.75. The topological polar surface area (TPSA) is 54.0 Å². The van der Waals surface area contributed by atoms with Crippen molar-refractivity contribution >= 4 is 17.2 Å². The van der Waals surface area contributed by atoms with Gasteiger partial charge >= 0.3 is 0 Å². The number of carbonyl (C=O) groups excluding carboxylic acids is 1. The Bertz CT molecular complexity index is 693. The molecule has 2 heterocycles. The van der Waals surface area contributed by atoms with Crippen molar-refractivity contribution in [3.8, 4) is 10.6 Å². The summed E-state index contributed by atoms with van der Waals surface area (Å²) in [6, 6.07) is 3.66. The molecule has 0 bridgehead atoms. The maximum absolute atomic E-state index is 13.8. The molecule has 1 saturated heterocycles. The fraction of sp³-hybridized carbons (Fsp3) is 0.412. The predicted octanol–water partition coefficient (Wildman–Crippen LogP) is 3.21. The van der Waals surface area contributed by atoms with Gasteiger partial charge in [-0.3, -0.25) is 4.79 Å². The van der Waals surface area contributed by atoms with Gasteiger partial charge in [-0.2, -0.15) is 0 Å². The Morgan fingerprint density at radius 1 is 1.38 bits per heavy atom. The van der Waals surface area contributed by atoms with Crippen molar-refractivity contribution in [2.24, 2.45) is 5.92 Å². The zero-order chi connectivity index (χ0) is 16.9. The van der Waals surface area contributed by atoms with Gasteiger partial charge < -0.3 is 10.6 Å². The highest BCUT2D eigenvalue weighted by Crippen LogP contribution is 2.28. The third kappa shape index (κ3) is 3.96. The summed E-state index contributed by atoms with van der Waals surface area (Å²) in [4.78, 5) is 16.2. The molecule has 3 rings (SSSR count). The highest BCUT2D eigenvalue weighted by atomic mass is 32.1. The molecule has 24 heavy (non-hydrogen) atoms. The molecule has 1 aliphatic rings. The van der Waals surface area contributed by atoms with Gasteiger partial charge in [0.15, 0.2) is 0 Å². The van der Waals surface area contributed by atoms with Crippen LogP contribution in [0.1, 0.15) is 29.8 Å². The van der Waals surface area contributed by atoms with Crippen LogP contribution in [0.15, 0.2) is 23.6 Å². The average molecular weight is 351 g/mol. The number of hydrogen-bond acceptors (Lipinski definition) is 4. The van der Waals surface area contributed by atoms with E-state index in [9.17, 15) is 13.6 Å². The number of amides is 1. The number of aromatic nitrogens is 1. The number of hydrogen-bond donors (Lipinski definition) is 2. The van der Waals surface area contributed by atoms with Gasteiger partial charge in [0.05, 0.1) is 5.56 Å². The first-order valence-corrected chi connectivity index (χ1v) is 8.92. The molecule has 0 saturated carbocycles. The summed E-state index contributed by atoms with van der Waals surface area (Å²) in [5, 5.41) is 7.87. The molecule has 128 valence electrons. The third-order valence-corrected chi connectivity index (χ3v) is 5.01. The van der Waals surface area contributed by atoms with Crippen LogP contribution in [-0.2, 0) is 0 Å². The van der Waals surface area contributed by atoms with Crippen LogP contribution in [0.4, 0.5) is 8.78 Å². The van der Waals surface area contributed by atoms with Crippen LogP contribution < -0.4 is 10.6 Å². The number of benzene rings is 1. The van der Waals surface area contributed by atoms with Crippen molar-refractivity contribution in [1.29, 1.82) is 0 Å². The summed E-state index contributed by atoms with van der Waals surface area (Å²) in [5.74, 6) is -1.09. The molecule has 1 atom stereocenters. The molecule has 2 N–H and O–H groups in total. The molecule has 7 heteroatoms. The Balaban J connectivity index is 1.59. The fourth-order valence-electron chi connectivity index (χ4n) is 2.85. The molecule has 1 aromatic heterocycles. The van der Waals surface area contributed by atoms with E-state index >= 15 is 0 Å². The zero-order valence-electron chi connectivity index (χ0n) is 13.1. The minimum absolute atomic E-state index is 0.173. The lowest BCUT2D eigenvalue weighted by Crippen LogP contribution is -2.33. The Hall–Kier alpha value is -1.86. The first kappa shape index (κ1) is 17.0. The molecule has 1 amide bonds. The normalized spacial score (nSPS) is 17.7. The monoisotopic (exact) mass is 351 g/mol. The fourth-order valence-corrected chi connectivity index (χ4v) is 3.69. The molecule has 0 aliphatic carbocycles. The molecule has 1 aromatic carbocycles. The van der Waals surface area contributed by atoms with Crippen molar-refractivity contribution in [3.63, 3.8) is 0 Å². The van der Waals surface area contributed by atoms with E-state index in [1.165, 1.54) is 36.4 Å². The van der Waals surface area contributed by atoms with E-state index in [1.54, 1.807) is 0 Å². The number of nitrogens with zero attached hydrogens (tertiary/aromatic N) is 1. The Morgan fingerprint density at radius 2 is 2.17 bits per heavy atom. The molecule has 2 aromatic rings. The van der Waals surface area contributed by atoms with E-state index in [-0.39, 0.29) is 22.2 Å². The van der Waals surface area contributed by atoms with E-state index in [2.05, 4.69) is 15.6 Å². The van der Waals surface area contributed by atoms with Crippen molar-refractivity contribution in [1.82, 2.24) is 15.6 Å². The van der Waals surface area contributed by atoms with Gasteiger partial charge in [-0.25, -0.2) is 13.8 Å². The number of rotatable bonds is 5. The number of carbonyl (C=O) groups is 1. The lowest BCUT2D eigenvalue weighted by atomic mass is 9.96. The lowest BCUT2D eigenvalue weighted by Gasteiger charge is -2.22. The highest BCUT2D eigenvalue weighted by molar-refractivity contribution is 7.13. The van der Waals surface area contributed by atoms with Crippen molar-refractivity contribution in [2.45, 2.75) is 19.3 Å². The van der Waals surface area contributed by atoms with Gasteiger partial charge in [0.25, 0.3) is 5.91 Å². The van der Waals surface area contributed by atoms with Crippen LogP contribution >= 0.6 is 11.3 Å². The summed E-state index contributed by atoms with van der Waals surface area (Å²) in [6.45, 7) is 2.63. The molecule has 0 radical (unpaired) electrons. The Labute approximate surface area is 143 Å². The Morgan fingerprint density at radius 3 is 2.88 bits per heavy atom. The van der Waals surface area contributed by atoms with Crippen LogP contribution in [0, 0.1) is 17.6 Å². The van der Waals surface area contributed by atoms with Crippen molar-refractivity contribution < 1.29 is 13.6 Å². The number of halogens is 2. The van der Waals surface area contributed by atoms with Crippen molar-refractivity contribution in [2.75, 3.05) is 19.6 Å². The smallest absolute Gasteiger partial charge is 0.270 e. The predicted molar refractivity (Wildman–Crippen MR) is 90.0 cm³/mol. The van der Waals surface area contributed by atoms with Gasteiger partial charge in [-0.15, -0.1) is 11.3 Å². The van der Waals surface area contributed by atoms with E-state index < -0.39 is 11.6 Å². The van der Waals surface area contributed by atoms with E-state index in [1.807, 2.05) is 0 Å². The SMILES string of the molecule is O=C(NCCC1CCCNC1)c1csc(-c2c(F)cccc2F)n1. The Kier molecular flexibility index (Phi) is 5.52. The summed E-state index contributed by atoms with van der Waals surface area (Å²) in [5.41, 5.74) is 0.00857. The largest absolute Gasteiger partial charge is 0.351 e. The van der Waals surface area contributed by atoms with E-state index in [0.29, 0.717) is 12.5 Å². The maximum Gasteiger partial charge on any atom is 0.270 e. The van der Waals surface area contributed by atoms with Crippen LogP contribution in [-0.4, -0.2) is 30.5 Å². The summed E-state index contributed by atoms with van der Waals surface area (Å²) < 4.78 is 27.6. The minimum atomic E-state index is -0.680.